The van der Waals surface area contributed by atoms with Crippen LogP contribution in [0.25, 0.3) is 0 Å². The molecule has 0 aromatic heterocycles. The molecule has 0 bridgehead atoms. The van der Waals surface area contributed by atoms with Gasteiger partial charge >= 0.3 is 0 Å². The lowest BCUT2D eigenvalue weighted by Gasteiger charge is -1.81. The fourth-order valence-electron chi connectivity index (χ4n) is 0.466. The molecule has 1 N–H and O–H groups in total. The Balaban J connectivity index is 2.18. The molecular formula is C5H8O. The second kappa shape index (κ2) is 1.09. The van der Waals surface area contributed by atoms with Crippen LogP contribution in [-0.4, -0.2) is 11.7 Å². The summed E-state index contributed by atoms with van der Waals surface area (Å²) in [6.07, 6.45) is 2.06. The molecule has 0 heterocycles. The Labute approximate surface area is 37.3 Å². The Morgan fingerprint density at radius 1 is 2.00 bits per heavy atom. The molecule has 1 unspecified atom stereocenters. The number of rotatable bonds is 1. The van der Waals surface area contributed by atoms with Gasteiger partial charge in [0.15, 0.2) is 0 Å². The van der Waals surface area contributed by atoms with Crippen LogP contribution >= 0.6 is 0 Å². The molecule has 6 heavy (non-hydrogen) atoms. The summed E-state index contributed by atoms with van der Waals surface area (Å²) in [5.74, 6) is 0.449. The third kappa shape index (κ3) is 0.455. The van der Waals surface area contributed by atoms with Crippen molar-refractivity contribution >= 4 is 0 Å². The Bertz CT molecular complexity index is 83.9. The van der Waals surface area contributed by atoms with E-state index in [1.54, 1.807) is 0 Å². The van der Waals surface area contributed by atoms with Gasteiger partial charge in [0.05, 0.1) is 6.61 Å². The molecule has 1 aliphatic carbocycles. The standard InChI is InChI=1S/C5H8O/c1-4-2-5(4)3-6/h2,5-6H,3H2,1H3. The monoisotopic (exact) mass is 84.1 g/mol. The molecule has 1 heteroatoms. The van der Waals surface area contributed by atoms with Gasteiger partial charge in [-0.05, 0) is 6.92 Å². The maximum atomic E-state index is 8.32. The Hall–Kier alpha value is -0.300. The van der Waals surface area contributed by atoms with Crippen LogP contribution in [0.15, 0.2) is 11.6 Å². The first-order valence-corrected chi connectivity index (χ1v) is 2.14. The van der Waals surface area contributed by atoms with Crippen molar-refractivity contribution in [2.75, 3.05) is 6.61 Å². The summed E-state index contributed by atoms with van der Waals surface area (Å²) >= 11 is 0. The van der Waals surface area contributed by atoms with E-state index < -0.39 is 0 Å². The van der Waals surface area contributed by atoms with Crippen molar-refractivity contribution in [2.45, 2.75) is 6.92 Å². The van der Waals surface area contributed by atoms with Crippen molar-refractivity contribution in [3.63, 3.8) is 0 Å². The van der Waals surface area contributed by atoms with Gasteiger partial charge in [-0.15, -0.1) is 0 Å². The normalized spacial score (nSPS) is 29.7. The lowest BCUT2D eigenvalue weighted by atomic mass is 10.3. The molecule has 1 atom stereocenters. The molecular weight excluding hydrogens is 76.1 g/mol. The van der Waals surface area contributed by atoms with Crippen LogP contribution in [0.2, 0.25) is 0 Å². The SMILES string of the molecule is CC1=CC1CO. The quantitative estimate of drug-likeness (QED) is 0.460. The van der Waals surface area contributed by atoms with Crippen LogP contribution in [0.4, 0.5) is 0 Å². The van der Waals surface area contributed by atoms with Gasteiger partial charge in [-0.1, -0.05) is 11.6 Å². The molecule has 1 nitrogen and oxygen atoms in total. The zero-order valence-corrected chi connectivity index (χ0v) is 3.81. The van der Waals surface area contributed by atoms with Crippen LogP contribution in [0.5, 0.6) is 0 Å². The maximum absolute atomic E-state index is 8.32. The largest absolute Gasteiger partial charge is 0.395 e. The van der Waals surface area contributed by atoms with Crippen molar-refractivity contribution in [1.82, 2.24) is 0 Å². The van der Waals surface area contributed by atoms with Crippen LogP contribution < -0.4 is 0 Å². The van der Waals surface area contributed by atoms with Gasteiger partial charge in [0, 0.05) is 5.92 Å². The minimum absolute atomic E-state index is 0.311. The molecule has 0 saturated carbocycles. The molecule has 0 aromatic carbocycles. The van der Waals surface area contributed by atoms with E-state index in [1.807, 2.05) is 6.92 Å². The highest BCUT2D eigenvalue weighted by molar-refractivity contribution is 5.26. The lowest BCUT2D eigenvalue weighted by Crippen LogP contribution is -1.84. The summed E-state index contributed by atoms with van der Waals surface area (Å²) in [5.41, 5.74) is 1.33. The van der Waals surface area contributed by atoms with E-state index in [1.165, 1.54) is 5.57 Å². The number of hydrogen-bond acceptors (Lipinski definition) is 1. The summed E-state index contributed by atoms with van der Waals surface area (Å²) < 4.78 is 0. The second-order valence-corrected chi connectivity index (χ2v) is 1.70. The number of aliphatic hydroxyl groups is 1. The van der Waals surface area contributed by atoms with Crippen LogP contribution in [0, 0.1) is 5.92 Å². The van der Waals surface area contributed by atoms with Gasteiger partial charge in [-0.3, -0.25) is 0 Å². The molecule has 0 fully saturated rings. The highest BCUT2D eigenvalue weighted by atomic mass is 16.3. The van der Waals surface area contributed by atoms with Gasteiger partial charge < -0.3 is 5.11 Å². The molecule has 0 aromatic rings. The first-order chi connectivity index (χ1) is 2.84. The topological polar surface area (TPSA) is 20.2 Å². The van der Waals surface area contributed by atoms with E-state index >= 15 is 0 Å². The molecule has 0 radical (unpaired) electrons. The fourth-order valence-corrected chi connectivity index (χ4v) is 0.466. The number of aliphatic hydroxyl groups excluding tert-OH is 1. The van der Waals surface area contributed by atoms with Crippen LogP contribution in [0.1, 0.15) is 6.92 Å². The number of hydrogen-bond donors (Lipinski definition) is 1. The van der Waals surface area contributed by atoms with Gasteiger partial charge in [0.25, 0.3) is 0 Å². The molecule has 0 aliphatic heterocycles. The van der Waals surface area contributed by atoms with Crippen molar-refractivity contribution in [1.29, 1.82) is 0 Å². The Kier molecular flexibility index (Phi) is 0.701. The van der Waals surface area contributed by atoms with Crippen LogP contribution in [-0.2, 0) is 0 Å². The molecule has 0 amide bonds. The molecule has 1 aliphatic rings. The molecule has 34 valence electrons. The minimum atomic E-state index is 0.311. The fraction of sp³-hybridized carbons (Fsp3) is 0.600. The molecule has 0 saturated heterocycles. The predicted octanol–water partition coefficient (Wildman–Crippen LogP) is 0.555. The lowest BCUT2D eigenvalue weighted by molar-refractivity contribution is 0.283. The second-order valence-electron chi connectivity index (χ2n) is 1.70. The van der Waals surface area contributed by atoms with Gasteiger partial charge in [-0.25, -0.2) is 0 Å². The first-order valence-electron chi connectivity index (χ1n) is 2.14. The zero-order valence-electron chi connectivity index (χ0n) is 3.81. The highest BCUT2D eigenvalue weighted by Crippen LogP contribution is 2.25. The van der Waals surface area contributed by atoms with E-state index in [-0.39, 0.29) is 0 Å². The van der Waals surface area contributed by atoms with Crippen molar-refractivity contribution < 1.29 is 5.11 Å². The van der Waals surface area contributed by atoms with Crippen molar-refractivity contribution in [3.05, 3.63) is 11.6 Å². The molecule has 1 rings (SSSR count). The Morgan fingerprint density at radius 3 is 2.50 bits per heavy atom. The maximum Gasteiger partial charge on any atom is 0.0531 e. The van der Waals surface area contributed by atoms with Gasteiger partial charge in [0.2, 0.25) is 0 Å². The van der Waals surface area contributed by atoms with E-state index in [0.29, 0.717) is 12.5 Å². The van der Waals surface area contributed by atoms with E-state index in [9.17, 15) is 0 Å². The summed E-state index contributed by atoms with van der Waals surface area (Å²) in [5, 5.41) is 8.32. The van der Waals surface area contributed by atoms with Crippen LogP contribution in [0.3, 0.4) is 0 Å². The third-order valence-electron chi connectivity index (χ3n) is 1.14. The van der Waals surface area contributed by atoms with Gasteiger partial charge in [0.1, 0.15) is 0 Å². The van der Waals surface area contributed by atoms with E-state index in [4.69, 9.17) is 5.11 Å². The zero-order chi connectivity index (χ0) is 4.57. The molecule has 0 spiro atoms. The minimum Gasteiger partial charge on any atom is -0.395 e. The van der Waals surface area contributed by atoms with Crippen molar-refractivity contribution in [2.24, 2.45) is 5.92 Å². The summed E-state index contributed by atoms with van der Waals surface area (Å²) in [6.45, 7) is 2.34. The summed E-state index contributed by atoms with van der Waals surface area (Å²) in [4.78, 5) is 0. The Morgan fingerprint density at radius 2 is 2.50 bits per heavy atom. The third-order valence-corrected chi connectivity index (χ3v) is 1.14. The summed E-state index contributed by atoms with van der Waals surface area (Å²) in [7, 11) is 0. The van der Waals surface area contributed by atoms with E-state index in [2.05, 4.69) is 6.08 Å². The first kappa shape index (κ1) is 3.88. The summed E-state index contributed by atoms with van der Waals surface area (Å²) in [6, 6.07) is 0. The predicted molar refractivity (Wildman–Crippen MR) is 24.3 cm³/mol. The van der Waals surface area contributed by atoms with Crippen molar-refractivity contribution in [3.8, 4) is 0 Å². The van der Waals surface area contributed by atoms with E-state index in [0.717, 1.165) is 0 Å². The highest BCUT2D eigenvalue weighted by Gasteiger charge is 2.17. The average molecular weight is 84.1 g/mol. The average Bonchev–Trinajstić information content (AvgIpc) is 2.19. The van der Waals surface area contributed by atoms with Gasteiger partial charge in [-0.2, -0.15) is 0 Å². The smallest absolute Gasteiger partial charge is 0.0531 e.